The Labute approximate surface area is 148 Å². The van der Waals surface area contributed by atoms with Crippen molar-refractivity contribution >= 4 is 11.7 Å². The molecule has 1 aromatic carbocycles. The molecule has 2 aromatic rings. The highest BCUT2D eigenvalue weighted by molar-refractivity contribution is 5.92. The second-order valence-electron chi connectivity index (χ2n) is 6.65. The molecule has 3 rings (SSSR count). The summed E-state index contributed by atoms with van der Waals surface area (Å²) < 4.78 is 0. The molecule has 1 aromatic heterocycles. The topological polar surface area (TPSA) is 61.4 Å². The molecule has 1 aliphatic heterocycles. The Balaban J connectivity index is 1.53. The van der Waals surface area contributed by atoms with Crippen LogP contribution in [0.3, 0.4) is 0 Å². The highest BCUT2D eigenvalue weighted by Gasteiger charge is 2.19. The van der Waals surface area contributed by atoms with Crippen molar-refractivity contribution in [2.75, 3.05) is 31.1 Å². The number of nitrogens with zero attached hydrogens (tertiary/aromatic N) is 4. The Morgan fingerprint density at radius 3 is 2.36 bits per heavy atom. The maximum Gasteiger partial charge on any atom is 0.271 e. The Morgan fingerprint density at radius 1 is 1.04 bits per heavy atom. The van der Waals surface area contributed by atoms with Gasteiger partial charge in [0, 0.05) is 38.8 Å². The lowest BCUT2D eigenvalue weighted by Gasteiger charge is -2.35. The second-order valence-corrected chi connectivity index (χ2v) is 6.65. The van der Waals surface area contributed by atoms with Crippen LogP contribution in [0.5, 0.6) is 0 Å². The fourth-order valence-electron chi connectivity index (χ4n) is 2.93. The monoisotopic (exact) mass is 339 g/mol. The molecule has 1 aliphatic rings. The van der Waals surface area contributed by atoms with Crippen molar-refractivity contribution in [2.45, 2.75) is 26.4 Å². The summed E-state index contributed by atoms with van der Waals surface area (Å²) in [5.41, 5.74) is 1.71. The first kappa shape index (κ1) is 17.4. The molecule has 0 spiro atoms. The van der Waals surface area contributed by atoms with Crippen molar-refractivity contribution in [2.24, 2.45) is 0 Å². The van der Waals surface area contributed by atoms with Gasteiger partial charge in [0.25, 0.3) is 5.91 Å². The molecular weight excluding hydrogens is 314 g/mol. The van der Waals surface area contributed by atoms with E-state index in [2.05, 4.69) is 49.6 Å². The van der Waals surface area contributed by atoms with E-state index in [0.717, 1.165) is 38.5 Å². The molecule has 1 saturated heterocycles. The van der Waals surface area contributed by atoms with Gasteiger partial charge in [0.15, 0.2) is 11.5 Å². The number of nitrogens with one attached hydrogen (secondary N) is 1. The summed E-state index contributed by atoms with van der Waals surface area (Å²) in [5.74, 6) is 0.655. The van der Waals surface area contributed by atoms with Gasteiger partial charge in [0.1, 0.15) is 0 Å². The number of amides is 1. The van der Waals surface area contributed by atoms with E-state index in [0.29, 0.717) is 5.69 Å². The number of aromatic nitrogens is 2. The summed E-state index contributed by atoms with van der Waals surface area (Å²) in [7, 11) is 0. The molecule has 6 nitrogen and oxygen atoms in total. The van der Waals surface area contributed by atoms with E-state index in [1.54, 1.807) is 6.07 Å². The van der Waals surface area contributed by atoms with Crippen LogP contribution in [0.2, 0.25) is 0 Å². The average molecular weight is 339 g/mol. The first-order valence-corrected chi connectivity index (χ1v) is 8.77. The maximum atomic E-state index is 11.9. The van der Waals surface area contributed by atoms with Crippen molar-refractivity contribution in [3.8, 4) is 0 Å². The van der Waals surface area contributed by atoms with Crippen LogP contribution in [0.4, 0.5) is 5.82 Å². The van der Waals surface area contributed by atoms with Crippen molar-refractivity contribution in [3.63, 3.8) is 0 Å². The van der Waals surface area contributed by atoms with Crippen LogP contribution in [-0.4, -0.2) is 53.2 Å². The SMILES string of the molecule is CC(C)NC(=O)c1ccc(N2CCN(Cc3ccccc3)CC2)nn1. The van der Waals surface area contributed by atoms with E-state index in [1.807, 2.05) is 26.0 Å². The average Bonchev–Trinajstić information content (AvgIpc) is 2.63. The van der Waals surface area contributed by atoms with Crippen molar-refractivity contribution in [3.05, 3.63) is 53.7 Å². The van der Waals surface area contributed by atoms with Crippen LogP contribution >= 0.6 is 0 Å². The maximum absolute atomic E-state index is 11.9. The standard InChI is InChI=1S/C19H25N5O/c1-15(2)20-19(25)17-8-9-18(22-21-17)24-12-10-23(11-13-24)14-16-6-4-3-5-7-16/h3-9,15H,10-14H2,1-2H3,(H,20,25). The molecule has 0 saturated carbocycles. The van der Waals surface area contributed by atoms with E-state index < -0.39 is 0 Å². The van der Waals surface area contributed by atoms with Crippen molar-refractivity contribution in [1.82, 2.24) is 20.4 Å². The lowest BCUT2D eigenvalue weighted by atomic mass is 10.2. The van der Waals surface area contributed by atoms with Crippen molar-refractivity contribution in [1.29, 1.82) is 0 Å². The van der Waals surface area contributed by atoms with Crippen LogP contribution in [0.25, 0.3) is 0 Å². The zero-order valence-corrected chi connectivity index (χ0v) is 14.9. The lowest BCUT2D eigenvalue weighted by Crippen LogP contribution is -2.46. The molecule has 0 radical (unpaired) electrons. The van der Waals surface area contributed by atoms with E-state index in [1.165, 1.54) is 5.56 Å². The van der Waals surface area contributed by atoms with Gasteiger partial charge in [-0.15, -0.1) is 10.2 Å². The number of carbonyl (C=O) groups excluding carboxylic acids is 1. The Kier molecular flexibility index (Phi) is 5.60. The first-order valence-electron chi connectivity index (χ1n) is 8.77. The number of hydrogen-bond donors (Lipinski definition) is 1. The molecule has 6 heteroatoms. The molecular formula is C19H25N5O. The van der Waals surface area contributed by atoms with E-state index >= 15 is 0 Å². The Hall–Kier alpha value is -2.47. The molecule has 0 atom stereocenters. The van der Waals surface area contributed by atoms with Gasteiger partial charge >= 0.3 is 0 Å². The number of rotatable bonds is 5. The molecule has 1 amide bonds. The van der Waals surface area contributed by atoms with E-state index in [9.17, 15) is 4.79 Å². The van der Waals surface area contributed by atoms with Gasteiger partial charge in [0.05, 0.1) is 0 Å². The number of hydrogen-bond acceptors (Lipinski definition) is 5. The van der Waals surface area contributed by atoms with Crippen LogP contribution in [0.1, 0.15) is 29.9 Å². The summed E-state index contributed by atoms with van der Waals surface area (Å²) in [4.78, 5) is 16.6. The van der Waals surface area contributed by atoms with Gasteiger partial charge in [-0.2, -0.15) is 0 Å². The van der Waals surface area contributed by atoms with Gasteiger partial charge in [-0.05, 0) is 31.5 Å². The minimum absolute atomic E-state index is 0.0895. The minimum atomic E-state index is -0.179. The van der Waals surface area contributed by atoms with Gasteiger partial charge in [-0.3, -0.25) is 9.69 Å². The highest BCUT2D eigenvalue weighted by Crippen LogP contribution is 2.14. The third-order valence-corrected chi connectivity index (χ3v) is 4.25. The Bertz CT molecular complexity index is 679. The van der Waals surface area contributed by atoms with Crippen LogP contribution in [0, 0.1) is 0 Å². The quantitative estimate of drug-likeness (QED) is 0.902. The first-order chi connectivity index (χ1) is 12.1. The highest BCUT2D eigenvalue weighted by atomic mass is 16.2. The minimum Gasteiger partial charge on any atom is -0.353 e. The molecule has 25 heavy (non-hydrogen) atoms. The smallest absolute Gasteiger partial charge is 0.271 e. The number of benzene rings is 1. The normalized spacial score (nSPS) is 15.4. The number of carbonyl (C=O) groups is 1. The van der Waals surface area contributed by atoms with Crippen LogP contribution < -0.4 is 10.2 Å². The summed E-state index contributed by atoms with van der Waals surface area (Å²) in [6.07, 6.45) is 0. The third kappa shape index (κ3) is 4.76. The van der Waals surface area contributed by atoms with Crippen molar-refractivity contribution < 1.29 is 4.79 Å². The molecule has 1 N–H and O–H groups in total. The zero-order valence-electron chi connectivity index (χ0n) is 14.9. The van der Waals surface area contributed by atoms with Gasteiger partial charge in [-0.25, -0.2) is 0 Å². The summed E-state index contributed by atoms with van der Waals surface area (Å²) in [6, 6.07) is 14.3. The molecule has 0 aliphatic carbocycles. The Morgan fingerprint density at radius 2 is 1.76 bits per heavy atom. The van der Waals surface area contributed by atoms with Crippen LogP contribution in [-0.2, 0) is 6.54 Å². The summed E-state index contributed by atoms with van der Waals surface area (Å²) in [6.45, 7) is 8.65. The van der Waals surface area contributed by atoms with Gasteiger partial charge in [0.2, 0.25) is 0 Å². The predicted octanol–water partition coefficient (Wildman–Crippen LogP) is 1.94. The molecule has 2 heterocycles. The molecule has 0 bridgehead atoms. The molecule has 0 unspecified atom stereocenters. The third-order valence-electron chi connectivity index (χ3n) is 4.25. The number of piperazine rings is 1. The largest absolute Gasteiger partial charge is 0.353 e. The van der Waals surface area contributed by atoms with Crippen LogP contribution in [0.15, 0.2) is 42.5 Å². The summed E-state index contributed by atoms with van der Waals surface area (Å²) >= 11 is 0. The van der Waals surface area contributed by atoms with Gasteiger partial charge < -0.3 is 10.2 Å². The predicted molar refractivity (Wildman–Crippen MR) is 98.6 cm³/mol. The lowest BCUT2D eigenvalue weighted by molar-refractivity contribution is 0.0937. The van der Waals surface area contributed by atoms with E-state index in [-0.39, 0.29) is 11.9 Å². The summed E-state index contributed by atoms with van der Waals surface area (Å²) in [5, 5.41) is 11.1. The molecule has 132 valence electrons. The fraction of sp³-hybridized carbons (Fsp3) is 0.421. The molecule has 1 fully saturated rings. The number of anilines is 1. The van der Waals surface area contributed by atoms with Gasteiger partial charge in [-0.1, -0.05) is 30.3 Å². The second kappa shape index (κ2) is 8.07. The van der Waals surface area contributed by atoms with E-state index in [4.69, 9.17) is 0 Å². The fourth-order valence-corrected chi connectivity index (χ4v) is 2.93. The zero-order chi connectivity index (χ0) is 17.6.